The Labute approximate surface area is 150 Å². The summed E-state index contributed by atoms with van der Waals surface area (Å²) in [5, 5.41) is 0.186. The quantitative estimate of drug-likeness (QED) is 0.549. The summed E-state index contributed by atoms with van der Waals surface area (Å²) in [5.41, 5.74) is 0.648. The van der Waals surface area contributed by atoms with Gasteiger partial charge < -0.3 is 9.47 Å². The molecular weight excluding hydrogens is 401 g/mol. The van der Waals surface area contributed by atoms with Crippen LogP contribution in [0.2, 0.25) is 5.02 Å². The van der Waals surface area contributed by atoms with E-state index in [0.29, 0.717) is 15.8 Å². The number of halogens is 3. The normalized spacial score (nSPS) is 15.4. The predicted octanol–water partition coefficient (Wildman–Crippen LogP) is 4.59. The fourth-order valence-electron chi connectivity index (χ4n) is 2.12. The van der Waals surface area contributed by atoms with E-state index >= 15 is 0 Å². The number of aliphatic imine (C=N–C) groups is 1. The summed E-state index contributed by atoms with van der Waals surface area (Å²) < 4.78 is 24.8. The highest BCUT2D eigenvalue weighted by atomic mass is 79.9. The summed E-state index contributed by atoms with van der Waals surface area (Å²) in [5.74, 6) is -0.449. The van der Waals surface area contributed by atoms with Gasteiger partial charge in [0.2, 0.25) is 5.90 Å². The highest BCUT2D eigenvalue weighted by molar-refractivity contribution is 9.10. The maximum atomic E-state index is 13.8. The van der Waals surface area contributed by atoms with Crippen LogP contribution < -0.4 is 4.74 Å². The van der Waals surface area contributed by atoms with Gasteiger partial charge in [0.25, 0.3) is 0 Å². The minimum atomic E-state index is -0.670. The predicted molar refractivity (Wildman–Crippen MR) is 92.7 cm³/mol. The minimum absolute atomic E-state index is 0.0241. The lowest BCUT2D eigenvalue weighted by Gasteiger charge is -2.05. The van der Waals surface area contributed by atoms with E-state index in [-0.39, 0.29) is 22.2 Å². The lowest BCUT2D eigenvalue weighted by molar-refractivity contribution is -0.129. The first-order chi connectivity index (χ1) is 11.5. The number of rotatable bonds is 3. The zero-order valence-electron chi connectivity index (χ0n) is 12.3. The molecule has 4 nitrogen and oxygen atoms in total. The van der Waals surface area contributed by atoms with Crippen LogP contribution in [0.15, 0.2) is 51.6 Å². The zero-order valence-corrected chi connectivity index (χ0v) is 14.7. The van der Waals surface area contributed by atoms with Crippen molar-refractivity contribution in [3.8, 4) is 5.75 Å². The second-order valence-electron chi connectivity index (χ2n) is 4.82. The van der Waals surface area contributed by atoms with Crippen LogP contribution in [0.1, 0.15) is 11.1 Å². The van der Waals surface area contributed by atoms with Gasteiger partial charge >= 0.3 is 5.97 Å². The van der Waals surface area contributed by atoms with Crippen LogP contribution in [0.5, 0.6) is 5.75 Å². The summed E-state index contributed by atoms with van der Waals surface area (Å²) in [7, 11) is 1.55. The summed E-state index contributed by atoms with van der Waals surface area (Å²) in [6, 6.07) is 9.40. The average Bonchev–Trinajstić information content (AvgIpc) is 2.92. The van der Waals surface area contributed by atoms with Gasteiger partial charge in [-0.2, -0.15) is 0 Å². The molecule has 0 unspecified atom stereocenters. The number of carbonyl (C=O) groups is 1. The lowest BCUT2D eigenvalue weighted by Crippen LogP contribution is -2.05. The lowest BCUT2D eigenvalue weighted by atomic mass is 10.2. The van der Waals surface area contributed by atoms with Gasteiger partial charge in [0.1, 0.15) is 11.6 Å². The smallest absolute Gasteiger partial charge is 0.363 e. The average molecular weight is 411 g/mol. The SMILES string of the molecule is COc1ccc(C2=N/C(=C/c3c(F)cccc3Cl)C(=O)O2)cc1Br. The number of methoxy groups -OCH3 is 1. The standard InChI is InChI=1S/C17H10BrClFNO3/c1-23-15-6-5-9(7-11(15)18)16-21-14(17(22)24-16)8-10-12(19)3-2-4-13(10)20/h2-8H,1H3/b14-8+. The number of carbonyl (C=O) groups excluding carboxylic acids is 1. The van der Waals surface area contributed by atoms with E-state index in [9.17, 15) is 9.18 Å². The fraction of sp³-hybridized carbons (Fsp3) is 0.0588. The number of hydrogen-bond acceptors (Lipinski definition) is 4. The van der Waals surface area contributed by atoms with E-state index in [1.54, 1.807) is 25.3 Å². The van der Waals surface area contributed by atoms with E-state index < -0.39 is 11.8 Å². The van der Waals surface area contributed by atoms with Crippen LogP contribution in [0.25, 0.3) is 6.08 Å². The highest BCUT2D eigenvalue weighted by Crippen LogP contribution is 2.29. The van der Waals surface area contributed by atoms with Gasteiger partial charge in [-0.3, -0.25) is 0 Å². The Kier molecular flexibility index (Phi) is 4.69. The summed E-state index contributed by atoms with van der Waals surface area (Å²) in [6.07, 6.45) is 1.27. The number of cyclic esters (lactones) is 1. The Morgan fingerprint density at radius 1 is 1.33 bits per heavy atom. The molecule has 0 saturated heterocycles. The second-order valence-corrected chi connectivity index (χ2v) is 6.08. The minimum Gasteiger partial charge on any atom is -0.496 e. The summed E-state index contributed by atoms with van der Waals surface area (Å²) >= 11 is 9.31. The van der Waals surface area contributed by atoms with Crippen molar-refractivity contribution in [2.75, 3.05) is 7.11 Å². The van der Waals surface area contributed by atoms with Gasteiger partial charge in [-0.1, -0.05) is 17.7 Å². The van der Waals surface area contributed by atoms with Gasteiger partial charge in [0.05, 0.1) is 16.6 Å². The van der Waals surface area contributed by atoms with E-state index in [1.165, 1.54) is 24.3 Å². The number of esters is 1. The molecule has 0 radical (unpaired) electrons. The van der Waals surface area contributed by atoms with Crippen molar-refractivity contribution in [3.63, 3.8) is 0 Å². The van der Waals surface area contributed by atoms with Crippen LogP contribution in [0.4, 0.5) is 4.39 Å². The largest absolute Gasteiger partial charge is 0.496 e. The van der Waals surface area contributed by atoms with Crippen molar-refractivity contribution in [1.29, 1.82) is 0 Å². The zero-order chi connectivity index (χ0) is 17.3. The van der Waals surface area contributed by atoms with E-state index in [4.69, 9.17) is 21.1 Å². The number of hydrogen-bond donors (Lipinski definition) is 0. The molecule has 0 N–H and O–H groups in total. The van der Waals surface area contributed by atoms with Crippen molar-refractivity contribution in [2.24, 2.45) is 4.99 Å². The Morgan fingerprint density at radius 2 is 2.12 bits per heavy atom. The molecule has 0 aromatic heterocycles. The van der Waals surface area contributed by atoms with Gasteiger partial charge in [0, 0.05) is 11.1 Å². The van der Waals surface area contributed by atoms with E-state index in [0.717, 1.165) is 0 Å². The molecule has 0 bridgehead atoms. The first kappa shape index (κ1) is 16.7. The molecule has 2 aromatic rings. The van der Waals surface area contributed by atoms with E-state index in [1.807, 2.05) is 0 Å². The monoisotopic (exact) mass is 409 g/mol. The summed E-state index contributed by atoms with van der Waals surface area (Å²) in [4.78, 5) is 16.1. The van der Waals surface area contributed by atoms with Crippen molar-refractivity contribution in [1.82, 2.24) is 0 Å². The molecule has 0 amide bonds. The third-order valence-corrected chi connectivity index (χ3v) is 4.25. The molecule has 1 heterocycles. The van der Waals surface area contributed by atoms with Crippen molar-refractivity contribution in [3.05, 3.63) is 68.5 Å². The first-order valence-corrected chi connectivity index (χ1v) is 7.97. The topological polar surface area (TPSA) is 47.9 Å². The van der Waals surface area contributed by atoms with Gasteiger partial charge in [-0.05, 0) is 52.3 Å². The van der Waals surface area contributed by atoms with Crippen LogP contribution in [-0.2, 0) is 9.53 Å². The van der Waals surface area contributed by atoms with Crippen LogP contribution >= 0.6 is 27.5 Å². The molecule has 122 valence electrons. The van der Waals surface area contributed by atoms with Gasteiger partial charge in [-0.25, -0.2) is 14.2 Å². The molecule has 0 spiro atoms. The molecular formula is C17H10BrClFNO3. The van der Waals surface area contributed by atoms with Crippen LogP contribution in [-0.4, -0.2) is 19.0 Å². The molecule has 24 heavy (non-hydrogen) atoms. The molecule has 1 aliphatic rings. The number of ether oxygens (including phenoxy) is 2. The molecule has 2 aromatic carbocycles. The number of benzene rings is 2. The maximum Gasteiger partial charge on any atom is 0.363 e. The molecule has 0 aliphatic carbocycles. The molecule has 0 saturated carbocycles. The van der Waals surface area contributed by atoms with Crippen LogP contribution in [0, 0.1) is 5.82 Å². The Hall–Kier alpha value is -2.18. The molecule has 0 fully saturated rings. The molecule has 0 atom stereocenters. The van der Waals surface area contributed by atoms with Gasteiger partial charge in [-0.15, -0.1) is 0 Å². The number of nitrogens with zero attached hydrogens (tertiary/aromatic N) is 1. The van der Waals surface area contributed by atoms with Crippen molar-refractivity contribution < 1.29 is 18.7 Å². The fourth-order valence-corrected chi connectivity index (χ4v) is 2.88. The first-order valence-electron chi connectivity index (χ1n) is 6.80. The van der Waals surface area contributed by atoms with Gasteiger partial charge in [0.15, 0.2) is 5.70 Å². The third kappa shape index (κ3) is 3.20. The molecule has 7 heteroatoms. The second kappa shape index (κ2) is 6.75. The highest BCUT2D eigenvalue weighted by Gasteiger charge is 2.25. The Bertz CT molecular complexity index is 875. The summed E-state index contributed by atoms with van der Waals surface area (Å²) in [6.45, 7) is 0. The van der Waals surface area contributed by atoms with Crippen molar-refractivity contribution in [2.45, 2.75) is 0 Å². The van der Waals surface area contributed by atoms with Crippen molar-refractivity contribution >= 4 is 45.5 Å². The Balaban J connectivity index is 1.99. The third-order valence-electron chi connectivity index (χ3n) is 3.30. The Morgan fingerprint density at radius 3 is 2.79 bits per heavy atom. The van der Waals surface area contributed by atoms with Crippen LogP contribution in [0.3, 0.4) is 0 Å². The molecule has 1 aliphatic heterocycles. The maximum absolute atomic E-state index is 13.8. The molecule has 3 rings (SSSR count). The van der Waals surface area contributed by atoms with E-state index in [2.05, 4.69) is 20.9 Å².